The van der Waals surface area contributed by atoms with E-state index in [0.29, 0.717) is 38.9 Å². The third-order valence-corrected chi connectivity index (χ3v) is 5.39. The maximum atomic E-state index is 12.8. The molecule has 0 aromatic heterocycles. The van der Waals surface area contributed by atoms with E-state index in [9.17, 15) is 14.4 Å². The smallest absolute Gasteiger partial charge is 0.317 e. The molecule has 2 aromatic rings. The van der Waals surface area contributed by atoms with Crippen LogP contribution in [0.4, 0.5) is 4.79 Å². The highest BCUT2D eigenvalue weighted by atomic mass is 16.2. The average Bonchev–Trinajstić information content (AvgIpc) is 2.78. The SMILES string of the molecule is CC(=O)N[C@@H](Cc1ccccc1)C(=O)NC1CCN(C(=O)NCc2ccccc2)CC1. The maximum absolute atomic E-state index is 12.8. The molecule has 1 atom stereocenters. The number of amides is 4. The minimum atomic E-state index is -0.618. The summed E-state index contributed by atoms with van der Waals surface area (Å²) in [4.78, 5) is 38.6. The van der Waals surface area contributed by atoms with Crippen LogP contribution in [0.3, 0.4) is 0 Å². The third-order valence-electron chi connectivity index (χ3n) is 5.39. The van der Waals surface area contributed by atoms with Crippen LogP contribution >= 0.6 is 0 Å². The maximum Gasteiger partial charge on any atom is 0.317 e. The second kappa shape index (κ2) is 11.2. The van der Waals surface area contributed by atoms with Crippen molar-refractivity contribution in [2.24, 2.45) is 0 Å². The van der Waals surface area contributed by atoms with Crippen molar-refractivity contribution >= 4 is 17.8 Å². The summed E-state index contributed by atoms with van der Waals surface area (Å²) in [5.41, 5.74) is 2.04. The number of carbonyl (C=O) groups is 3. The van der Waals surface area contributed by atoms with Crippen molar-refractivity contribution < 1.29 is 14.4 Å². The predicted molar refractivity (Wildman–Crippen MR) is 119 cm³/mol. The lowest BCUT2D eigenvalue weighted by Crippen LogP contribution is -2.54. The van der Waals surface area contributed by atoms with Crippen LogP contribution in [0.2, 0.25) is 0 Å². The van der Waals surface area contributed by atoms with E-state index < -0.39 is 6.04 Å². The van der Waals surface area contributed by atoms with Gasteiger partial charge >= 0.3 is 6.03 Å². The fourth-order valence-electron chi connectivity index (χ4n) is 3.72. The Labute approximate surface area is 183 Å². The molecule has 3 rings (SSSR count). The molecule has 0 aliphatic carbocycles. The van der Waals surface area contributed by atoms with Gasteiger partial charge in [-0.2, -0.15) is 0 Å². The number of hydrogen-bond donors (Lipinski definition) is 3. The molecule has 3 N–H and O–H groups in total. The van der Waals surface area contributed by atoms with Gasteiger partial charge in [-0.25, -0.2) is 4.79 Å². The predicted octanol–water partition coefficient (Wildman–Crippen LogP) is 2.22. The molecule has 7 nitrogen and oxygen atoms in total. The molecule has 164 valence electrons. The van der Waals surface area contributed by atoms with Gasteiger partial charge in [-0.15, -0.1) is 0 Å². The Morgan fingerprint density at radius 1 is 0.935 bits per heavy atom. The minimum Gasteiger partial charge on any atom is -0.351 e. The monoisotopic (exact) mass is 422 g/mol. The van der Waals surface area contributed by atoms with Gasteiger partial charge in [0.15, 0.2) is 0 Å². The van der Waals surface area contributed by atoms with Crippen molar-refractivity contribution in [2.75, 3.05) is 13.1 Å². The summed E-state index contributed by atoms with van der Waals surface area (Å²) >= 11 is 0. The van der Waals surface area contributed by atoms with Crippen LogP contribution in [0.25, 0.3) is 0 Å². The average molecular weight is 423 g/mol. The van der Waals surface area contributed by atoms with E-state index in [2.05, 4.69) is 16.0 Å². The molecular formula is C24H30N4O3. The van der Waals surface area contributed by atoms with Crippen molar-refractivity contribution in [3.05, 3.63) is 71.8 Å². The fraction of sp³-hybridized carbons (Fsp3) is 0.375. The summed E-state index contributed by atoms with van der Waals surface area (Å²) in [6, 6.07) is 18.7. The highest BCUT2D eigenvalue weighted by molar-refractivity contribution is 5.87. The summed E-state index contributed by atoms with van der Waals surface area (Å²) in [5, 5.41) is 8.74. The zero-order valence-corrected chi connectivity index (χ0v) is 17.8. The highest BCUT2D eigenvalue weighted by Gasteiger charge is 2.27. The number of carbonyl (C=O) groups excluding carboxylic acids is 3. The Kier molecular flexibility index (Phi) is 8.04. The van der Waals surface area contributed by atoms with Crippen molar-refractivity contribution in [1.82, 2.24) is 20.9 Å². The van der Waals surface area contributed by atoms with Crippen LogP contribution in [0.15, 0.2) is 60.7 Å². The second-order valence-corrected chi connectivity index (χ2v) is 7.86. The Morgan fingerprint density at radius 2 is 1.52 bits per heavy atom. The molecule has 0 unspecified atom stereocenters. The fourth-order valence-corrected chi connectivity index (χ4v) is 3.72. The Bertz CT molecular complexity index is 865. The molecule has 0 saturated carbocycles. The molecule has 31 heavy (non-hydrogen) atoms. The zero-order chi connectivity index (χ0) is 22.1. The van der Waals surface area contributed by atoms with E-state index >= 15 is 0 Å². The first-order valence-corrected chi connectivity index (χ1v) is 10.7. The lowest BCUT2D eigenvalue weighted by molar-refractivity contribution is -0.128. The van der Waals surface area contributed by atoms with Gasteiger partial charge in [-0.1, -0.05) is 60.7 Å². The molecule has 1 aliphatic rings. The van der Waals surface area contributed by atoms with Crippen molar-refractivity contribution in [3.8, 4) is 0 Å². The number of nitrogens with zero attached hydrogens (tertiary/aromatic N) is 1. The lowest BCUT2D eigenvalue weighted by Gasteiger charge is -2.33. The minimum absolute atomic E-state index is 0.0160. The summed E-state index contributed by atoms with van der Waals surface area (Å²) < 4.78 is 0. The van der Waals surface area contributed by atoms with Crippen LogP contribution in [0, 0.1) is 0 Å². The molecule has 2 aromatic carbocycles. The number of likely N-dealkylation sites (tertiary alicyclic amines) is 1. The quantitative estimate of drug-likeness (QED) is 0.639. The topological polar surface area (TPSA) is 90.5 Å². The number of urea groups is 1. The van der Waals surface area contributed by atoms with E-state index in [1.54, 1.807) is 4.90 Å². The summed E-state index contributed by atoms with van der Waals surface area (Å²) in [6.07, 6.45) is 1.80. The molecule has 0 bridgehead atoms. The second-order valence-electron chi connectivity index (χ2n) is 7.86. The van der Waals surface area contributed by atoms with Gasteiger partial charge < -0.3 is 20.9 Å². The molecule has 7 heteroatoms. The van der Waals surface area contributed by atoms with Gasteiger partial charge in [0.25, 0.3) is 0 Å². The first kappa shape index (κ1) is 22.3. The molecule has 4 amide bonds. The molecule has 1 fully saturated rings. The number of piperidine rings is 1. The Balaban J connectivity index is 1.46. The van der Waals surface area contributed by atoms with E-state index in [4.69, 9.17) is 0 Å². The van der Waals surface area contributed by atoms with Crippen molar-refractivity contribution in [2.45, 2.75) is 44.8 Å². The van der Waals surface area contributed by atoms with Gasteiger partial charge in [-0.05, 0) is 24.0 Å². The van der Waals surface area contributed by atoms with Crippen LogP contribution in [-0.2, 0) is 22.6 Å². The first-order chi connectivity index (χ1) is 15.0. The summed E-state index contributed by atoms with van der Waals surface area (Å²) in [7, 11) is 0. The van der Waals surface area contributed by atoms with Gasteiger partial charge in [0, 0.05) is 39.0 Å². The van der Waals surface area contributed by atoms with Crippen molar-refractivity contribution in [3.63, 3.8) is 0 Å². The molecular weight excluding hydrogens is 392 g/mol. The largest absolute Gasteiger partial charge is 0.351 e. The van der Waals surface area contributed by atoms with E-state index in [-0.39, 0.29) is 23.9 Å². The zero-order valence-electron chi connectivity index (χ0n) is 17.8. The number of benzene rings is 2. The van der Waals surface area contributed by atoms with Gasteiger partial charge in [0.2, 0.25) is 11.8 Å². The van der Waals surface area contributed by atoms with E-state index in [1.165, 1.54) is 6.92 Å². The first-order valence-electron chi connectivity index (χ1n) is 10.7. The normalized spacial score (nSPS) is 15.1. The van der Waals surface area contributed by atoms with Crippen LogP contribution in [-0.4, -0.2) is 47.9 Å². The number of nitrogens with one attached hydrogen (secondary N) is 3. The molecule has 0 radical (unpaired) electrons. The van der Waals surface area contributed by atoms with Crippen LogP contribution in [0.5, 0.6) is 0 Å². The van der Waals surface area contributed by atoms with Crippen LogP contribution in [0.1, 0.15) is 30.9 Å². The van der Waals surface area contributed by atoms with Gasteiger partial charge in [0.05, 0.1) is 0 Å². The van der Waals surface area contributed by atoms with Crippen LogP contribution < -0.4 is 16.0 Å². The number of rotatable bonds is 7. The summed E-state index contributed by atoms with van der Waals surface area (Å²) in [6.45, 7) is 3.07. The van der Waals surface area contributed by atoms with Gasteiger partial charge in [-0.3, -0.25) is 9.59 Å². The molecule has 1 saturated heterocycles. The summed E-state index contributed by atoms with van der Waals surface area (Å²) in [5.74, 6) is -0.424. The lowest BCUT2D eigenvalue weighted by atomic mass is 10.0. The molecule has 1 aliphatic heterocycles. The number of hydrogen-bond acceptors (Lipinski definition) is 3. The Morgan fingerprint density at radius 3 is 2.10 bits per heavy atom. The Hall–Kier alpha value is -3.35. The van der Waals surface area contributed by atoms with Gasteiger partial charge in [0.1, 0.15) is 6.04 Å². The third kappa shape index (κ3) is 7.13. The van der Waals surface area contributed by atoms with E-state index in [1.807, 2.05) is 60.7 Å². The van der Waals surface area contributed by atoms with E-state index in [0.717, 1.165) is 11.1 Å². The molecule has 1 heterocycles. The molecule has 0 spiro atoms. The highest BCUT2D eigenvalue weighted by Crippen LogP contribution is 2.12. The standard InChI is InChI=1S/C24H30N4O3/c1-18(29)26-22(16-19-8-4-2-5-9-19)23(30)27-21-12-14-28(15-13-21)24(31)25-17-20-10-6-3-7-11-20/h2-11,21-22H,12-17H2,1H3,(H,25,31)(H,26,29)(H,27,30)/t22-/m0/s1. The van der Waals surface area contributed by atoms with Crippen molar-refractivity contribution in [1.29, 1.82) is 0 Å².